The van der Waals surface area contributed by atoms with Gasteiger partial charge in [-0.25, -0.2) is 0 Å². The molecule has 0 radical (unpaired) electrons. The van der Waals surface area contributed by atoms with Crippen molar-refractivity contribution in [3.05, 3.63) is 58.6 Å². The van der Waals surface area contributed by atoms with Crippen LogP contribution in [0.25, 0.3) is 0 Å². The molecule has 2 aromatic rings. The number of anilines is 2. The van der Waals surface area contributed by atoms with Crippen molar-refractivity contribution in [2.45, 2.75) is 13.5 Å². The van der Waals surface area contributed by atoms with E-state index in [4.69, 9.17) is 17.3 Å². The van der Waals surface area contributed by atoms with Gasteiger partial charge in [-0.3, -0.25) is 0 Å². The van der Waals surface area contributed by atoms with Gasteiger partial charge in [0, 0.05) is 22.9 Å². The van der Waals surface area contributed by atoms with Crippen LogP contribution in [0.1, 0.15) is 11.1 Å². The van der Waals surface area contributed by atoms with Crippen LogP contribution in [0.5, 0.6) is 0 Å². The average Bonchev–Trinajstić information content (AvgIpc) is 2.31. The molecule has 0 spiro atoms. The quantitative estimate of drug-likeness (QED) is 0.808. The van der Waals surface area contributed by atoms with Gasteiger partial charge >= 0.3 is 0 Å². The van der Waals surface area contributed by atoms with Gasteiger partial charge in [-0.15, -0.1) is 0 Å². The summed E-state index contributed by atoms with van der Waals surface area (Å²) in [5.41, 5.74) is 9.95. The van der Waals surface area contributed by atoms with Crippen molar-refractivity contribution in [3.8, 4) is 0 Å². The Bertz CT molecular complexity index is 523. The molecule has 0 saturated carbocycles. The topological polar surface area (TPSA) is 38.0 Å². The predicted molar refractivity (Wildman–Crippen MR) is 74.4 cm³/mol. The zero-order valence-electron chi connectivity index (χ0n) is 9.70. The summed E-state index contributed by atoms with van der Waals surface area (Å²) in [6.07, 6.45) is 0. The Kier molecular flexibility index (Phi) is 3.55. The summed E-state index contributed by atoms with van der Waals surface area (Å²) in [5, 5.41) is 4.12. The summed E-state index contributed by atoms with van der Waals surface area (Å²) in [4.78, 5) is 0. The zero-order valence-corrected chi connectivity index (χ0v) is 10.5. The van der Waals surface area contributed by atoms with Gasteiger partial charge in [0.05, 0.1) is 0 Å². The van der Waals surface area contributed by atoms with Gasteiger partial charge in [-0.2, -0.15) is 0 Å². The highest BCUT2D eigenvalue weighted by Gasteiger charge is 2.00. The van der Waals surface area contributed by atoms with Crippen LogP contribution < -0.4 is 11.1 Å². The van der Waals surface area contributed by atoms with Gasteiger partial charge in [0.2, 0.25) is 0 Å². The van der Waals surface area contributed by atoms with Crippen molar-refractivity contribution in [2.24, 2.45) is 0 Å². The second kappa shape index (κ2) is 5.11. The molecule has 0 aliphatic heterocycles. The van der Waals surface area contributed by atoms with Crippen molar-refractivity contribution >= 4 is 23.0 Å². The molecule has 0 fully saturated rings. The van der Waals surface area contributed by atoms with Crippen LogP contribution in [0.2, 0.25) is 5.02 Å². The summed E-state index contributed by atoms with van der Waals surface area (Å²) in [6.45, 7) is 2.75. The molecule has 2 nitrogen and oxygen atoms in total. The highest BCUT2D eigenvalue weighted by Crippen LogP contribution is 2.21. The van der Waals surface area contributed by atoms with Crippen LogP contribution in [0, 0.1) is 6.92 Å². The van der Waals surface area contributed by atoms with Crippen molar-refractivity contribution in [2.75, 3.05) is 11.1 Å². The second-order valence-corrected chi connectivity index (χ2v) is 4.44. The Hall–Kier alpha value is -1.67. The number of hydrogen-bond donors (Lipinski definition) is 2. The Morgan fingerprint density at radius 3 is 2.71 bits per heavy atom. The van der Waals surface area contributed by atoms with Crippen LogP contribution in [0.3, 0.4) is 0 Å². The first-order valence-electron chi connectivity index (χ1n) is 5.50. The first-order chi connectivity index (χ1) is 8.16. The minimum Gasteiger partial charge on any atom is -0.398 e. The Morgan fingerprint density at radius 1 is 1.18 bits per heavy atom. The SMILES string of the molecule is Cc1c(N)cccc1NCc1cccc(Cl)c1. The van der Waals surface area contributed by atoms with E-state index >= 15 is 0 Å². The molecule has 0 aliphatic rings. The van der Waals surface area contributed by atoms with Gasteiger partial charge in [-0.05, 0) is 42.3 Å². The van der Waals surface area contributed by atoms with Crippen molar-refractivity contribution in [3.63, 3.8) is 0 Å². The third-order valence-electron chi connectivity index (χ3n) is 2.75. The maximum Gasteiger partial charge on any atom is 0.0409 e. The maximum atomic E-state index is 5.94. The maximum absolute atomic E-state index is 5.94. The Labute approximate surface area is 106 Å². The van der Waals surface area contributed by atoms with Crippen LogP contribution in [0.4, 0.5) is 11.4 Å². The standard InChI is InChI=1S/C14H15ClN2/c1-10-13(16)6-3-7-14(10)17-9-11-4-2-5-12(15)8-11/h2-8,17H,9,16H2,1H3. The van der Waals surface area contributed by atoms with Crippen LogP contribution >= 0.6 is 11.6 Å². The molecule has 0 aliphatic carbocycles. The van der Waals surface area contributed by atoms with E-state index < -0.39 is 0 Å². The fourth-order valence-corrected chi connectivity index (χ4v) is 1.90. The molecule has 17 heavy (non-hydrogen) atoms. The highest BCUT2D eigenvalue weighted by atomic mass is 35.5. The summed E-state index contributed by atoms with van der Waals surface area (Å²) < 4.78 is 0. The van der Waals surface area contributed by atoms with E-state index in [1.54, 1.807) is 0 Å². The number of nitrogens with one attached hydrogen (secondary N) is 1. The van der Waals surface area contributed by atoms with Crippen LogP contribution in [0.15, 0.2) is 42.5 Å². The zero-order chi connectivity index (χ0) is 12.3. The van der Waals surface area contributed by atoms with E-state index in [2.05, 4.69) is 5.32 Å². The van der Waals surface area contributed by atoms with E-state index in [-0.39, 0.29) is 0 Å². The van der Waals surface area contributed by atoms with E-state index in [1.807, 2.05) is 49.4 Å². The lowest BCUT2D eigenvalue weighted by Gasteiger charge is -2.11. The number of nitrogens with two attached hydrogens (primary N) is 1. The minimum atomic E-state index is 0.741. The van der Waals surface area contributed by atoms with Crippen LogP contribution in [-0.2, 0) is 6.54 Å². The lowest BCUT2D eigenvalue weighted by Crippen LogP contribution is -2.02. The molecular weight excluding hydrogens is 232 g/mol. The van der Waals surface area contributed by atoms with Gasteiger partial charge < -0.3 is 11.1 Å². The molecule has 0 unspecified atom stereocenters. The van der Waals surface area contributed by atoms with E-state index in [0.29, 0.717) is 0 Å². The fraction of sp³-hybridized carbons (Fsp3) is 0.143. The Balaban J connectivity index is 2.10. The van der Waals surface area contributed by atoms with Crippen LogP contribution in [-0.4, -0.2) is 0 Å². The molecule has 3 N–H and O–H groups in total. The second-order valence-electron chi connectivity index (χ2n) is 4.00. The van der Waals surface area contributed by atoms with Gasteiger partial charge in [0.25, 0.3) is 0 Å². The molecule has 0 aromatic heterocycles. The summed E-state index contributed by atoms with van der Waals surface area (Å²) in [7, 11) is 0. The molecule has 0 atom stereocenters. The molecule has 2 aromatic carbocycles. The van der Waals surface area contributed by atoms with Crippen molar-refractivity contribution < 1.29 is 0 Å². The van der Waals surface area contributed by atoms with Crippen molar-refractivity contribution in [1.29, 1.82) is 0 Å². The van der Waals surface area contributed by atoms with E-state index in [9.17, 15) is 0 Å². The lowest BCUT2D eigenvalue weighted by atomic mass is 10.1. The third-order valence-corrected chi connectivity index (χ3v) is 2.98. The smallest absolute Gasteiger partial charge is 0.0409 e. The molecule has 0 saturated heterocycles. The van der Waals surface area contributed by atoms with E-state index in [1.165, 1.54) is 0 Å². The number of hydrogen-bond acceptors (Lipinski definition) is 2. The molecule has 0 bridgehead atoms. The molecule has 0 heterocycles. The summed E-state index contributed by atoms with van der Waals surface area (Å²) in [6, 6.07) is 13.7. The molecule has 0 amide bonds. The Morgan fingerprint density at radius 2 is 1.94 bits per heavy atom. The number of nitrogen functional groups attached to an aromatic ring is 1. The lowest BCUT2D eigenvalue weighted by molar-refractivity contribution is 1.14. The number of benzene rings is 2. The highest BCUT2D eigenvalue weighted by molar-refractivity contribution is 6.30. The average molecular weight is 247 g/mol. The van der Waals surface area contributed by atoms with Gasteiger partial charge in [0.15, 0.2) is 0 Å². The molecule has 88 valence electrons. The largest absolute Gasteiger partial charge is 0.398 e. The first-order valence-corrected chi connectivity index (χ1v) is 5.88. The summed E-state index contributed by atoms with van der Waals surface area (Å²) in [5.74, 6) is 0. The van der Waals surface area contributed by atoms with Gasteiger partial charge in [0.1, 0.15) is 0 Å². The first kappa shape index (κ1) is 11.8. The normalized spacial score (nSPS) is 10.2. The van der Waals surface area contributed by atoms with E-state index in [0.717, 1.165) is 34.1 Å². The number of rotatable bonds is 3. The monoisotopic (exact) mass is 246 g/mol. The van der Waals surface area contributed by atoms with Gasteiger partial charge in [-0.1, -0.05) is 29.8 Å². The van der Waals surface area contributed by atoms with Crippen molar-refractivity contribution in [1.82, 2.24) is 0 Å². The number of halogens is 1. The fourth-order valence-electron chi connectivity index (χ4n) is 1.69. The summed E-state index contributed by atoms with van der Waals surface area (Å²) >= 11 is 5.94. The molecule has 3 heteroatoms. The predicted octanol–water partition coefficient (Wildman–Crippen LogP) is 3.84. The minimum absolute atomic E-state index is 0.741. The molecular formula is C14H15ClN2. The molecule has 2 rings (SSSR count). The third kappa shape index (κ3) is 2.92.